The third-order valence-corrected chi connectivity index (χ3v) is 3.84. The summed E-state index contributed by atoms with van der Waals surface area (Å²) in [6, 6.07) is 12.5. The van der Waals surface area contributed by atoms with Crippen LogP contribution < -0.4 is 15.4 Å². The van der Waals surface area contributed by atoms with Gasteiger partial charge < -0.3 is 15.4 Å². The fourth-order valence-corrected chi connectivity index (χ4v) is 2.29. The molecule has 0 aliphatic heterocycles. The molecule has 0 saturated heterocycles. The van der Waals surface area contributed by atoms with Crippen LogP contribution in [0.25, 0.3) is 0 Å². The average Bonchev–Trinajstić information content (AvgIpc) is 3.41. The van der Waals surface area contributed by atoms with E-state index in [2.05, 4.69) is 10.6 Å². The predicted octanol–water partition coefficient (Wildman–Crippen LogP) is 3.12. The van der Waals surface area contributed by atoms with Crippen LogP contribution in [0.15, 0.2) is 48.5 Å². The number of anilines is 1. The Balaban J connectivity index is 1.65. The number of rotatable bonds is 6. The largest absolute Gasteiger partial charge is 0.481 e. The van der Waals surface area contributed by atoms with Gasteiger partial charge in [0.2, 0.25) is 0 Å². The van der Waals surface area contributed by atoms with Gasteiger partial charge in [-0.2, -0.15) is 0 Å². The number of amides is 2. The van der Waals surface area contributed by atoms with Crippen molar-refractivity contribution in [2.45, 2.75) is 31.9 Å². The van der Waals surface area contributed by atoms with Crippen LogP contribution in [-0.2, 0) is 4.79 Å². The van der Waals surface area contributed by atoms with Crippen LogP contribution >= 0.6 is 0 Å². The third kappa shape index (κ3) is 4.56. The molecule has 1 saturated carbocycles. The summed E-state index contributed by atoms with van der Waals surface area (Å²) < 4.78 is 18.4. The number of hydrogen-bond donors (Lipinski definition) is 2. The van der Waals surface area contributed by atoms with E-state index in [4.69, 9.17) is 4.74 Å². The van der Waals surface area contributed by atoms with Crippen molar-refractivity contribution in [2.24, 2.45) is 0 Å². The molecule has 2 N–H and O–H groups in total. The first-order valence-corrected chi connectivity index (χ1v) is 8.16. The van der Waals surface area contributed by atoms with E-state index in [9.17, 15) is 14.0 Å². The molecule has 130 valence electrons. The standard InChI is InChI=1S/C19H19FN2O3/c1-12(25-15-10-6-13(20)7-11-15)18(23)22-17-5-3-2-4-16(17)19(24)21-14-8-9-14/h2-7,10-12,14H,8-9H2,1H3,(H,21,24)(H,22,23)/t12-/m1/s1. The maximum atomic E-state index is 12.9. The second-order valence-corrected chi connectivity index (χ2v) is 6.00. The normalized spacial score (nSPS) is 14.5. The van der Waals surface area contributed by atoms with Gasteiger partial charge in [0.25, 0.3) is 11.8 Å². The Morgan fingerprint density at radius 1 is 1.12 bits per heavy atom. The third-order valence-electron chi connectivity index (χ3n) is 3.84. The molecular formula is C19H19FN2O3. The van der Waals surface area contributed by atoms with Crippen LogP contribution in [0.1, 0.15) is 30.1 Å². The summed E-state index contributed by atoms with van der Waals surface area (Å²) in [6.07, 6.45) is 1.18. The van der Waals surface area contributed by atoms with Crippen LogP contribution in [0, 0.1) is 5.82 Å². The van der Waals surface area contributed by atoms with Crippen LogP contribution in [0.5, 0.6) is 5.75 Å². The summed E-state index contributed by atoms with van der Waals surface area (Å²) in [6.45, 7) is 1.59. The van der Waals surface area contributed by atoms with Gasteiger partial charge in [0.1, 0.15) is 11.6 Å². The number of ether oxygens (including phenoxy) is 1. The van der Waals surface area contributed by atoms with E-state index < -0.39 is 12.0 Å². The van der Waals surface area contributed by atoms with E-state index in [-0.39, 0.29) is 17.8 Å². The number of para-hydroxylation sites is 1. The highest BCUT2D eigenvalue weighted by atomic mass is 19.1. The van der Waals surface area contributed by atoms with Crippen molar-refractivity contribution in [3.05, 3.63) is 59.9 Å². The van der Waals surface area contributed by atoms with Gasteiger partial charge in [-0.1, -0.05) is 12.1 Å². The quantitative estimate of drug-likeness (QED) is 0.847. The lowest BCUT2D eigenvalue weighted by Crippen LogP contribution is -2.32. The first-order chi connectivity index (χ1) is 12.0. The van der Waals surface area contributed by atoms with Crippen molar-refractivity contribution in [3.63, 3.8) is 0 Å². The maximum Gasteiger partial charge on any atom is 0.265 e. The highest BCUT2D eigenvalue weighted by Gasteiger charge is 2.25. The van der Waals surface area contributed by atoms with Gasteiger partial charge in [-0.3, -0.25) is 9.59 Å². The Morgan fingerprint density at radius 3 is 2.48 bits per heavy atom. The van der Waals surface area contributed by atoms with Gasteiger partial charge in [0.15, 0.2) is 6.10 Å². The molecule has 0 heterocycles. The lowest BCUT2D eigenvalue weighted by Gasteiger charge is -2.16. The SMILES string of the molecule is C[C@@H](Oc1ccc(F)cc1)C(=O)Nc1ccccc1C(=O)NC1CC1. The first kappa shape index (κ1) is 17.0. The van der Waals surface area contributed by atoms with Crippen molar-refractivity contribution in [1.29, 1.82) is 0 Å². The van der Waals surface area contributed by atoms with E-state index in [0.717, 1.165) is 12.8 Å². The molecule has 0 unspecified atom stereocenters. The lowest BCUT2D eigenvalue weighted by molar-refractivity contribution is -0.122. The zero-order valence-corrected chi connectivity index (χ0v) is 13.8. The van der Waals surface area contributed by atoms with Gasteiger partial charge in [0, 0.05) is 6.04 Å². The zero-order valence-electron chi connectivity index (χ0n) is 13.8. The van der Waals surface area contributed by atoms with Gasteiger partial charge in [0.05, 0.1) is 11.3 Å². The summed E-state index contributed by atoms with van der Waals surface area (Å²) in [5.41, 5.74) is 0.844. The van der Waals surface area contributed by atoms with E-state index in [1.165, 1.54) is 24.3 Å². The molecule has 2 aromatic rings. The summed E-state index contributed by atoms with van der Waals surface area (Å²) in [5.74, 6) is -0.578. The molecule has 1 aliphatic rings. The van der Waals surface area contributed by atoms with E-state index in [1.54, 1.807) is 31.2 Å². The summed E-state index contributed by atoms with van der Waals surface area (Å²) >= 11 is 0. The summed E-state index contributed by atoms with van der Waals surface area (Å²) in [4.78, 5) is 24.6. The molecule has 1 aliphatic carbocycles. The minimum absolute atomic E-state index is 0.203. The predicted molar refractivity (Wildman–Crippen MR) is 92.0 cm³/mol. The van der Waals surface area contributed by atoms with Crippen molar-refractivity contribution in [3.8, 4) is 5.75 Å². The molecule has 25 heavy (non-hydrogen) atoms. The molecule has 0 spiro atoms. The van der Waals surface area contributed by atoms with E-state index in [1.807, 2.05) is 0 Å². The van der Waals surface area contributed by atoms with Gasteiger partial charge in [-0.15, -0.1) is 0 Å². The number of carbonyl (C=O) groups excluding carboxylic acids is 2. The number of nitrogens with one attached hydrogen (secondary N) is 2. The van der Waals surface area contributed by atoms with Crippen LogP contribution in [-0.4, -0.2) is 24.0 Å². The number of hydrogen-bond acceptors (Lipinski definition) is 3. The molecule has 5 nitrogen and oxygen atoms in total. The lowest BCUT2D eigenvalue weighted by atomic mass is 10.1. The van der Waals surface area contributed by atoms with Crippen molar-refractivity contribution < 1.29 is 18.7 Å². The summed E-state index contributed by atoms with van der Waals surface area (Å²) in [7, 11) is 0. The van der Waals surface area contributed by atoms with Crippen LogP contribution in [0.4, 0.5) is 10.1 Å². The molecular weight excluding hydrogens is 323 g/mol. The number of benzene rings is 2. The molecule has 3 rings (SSSR count). The Bertz CT molecular complexity index is 772. The highest BCUT2D eigenvalue weighted by molar-refractivity contribution is 6.04. The van der Waals surface area contributed by atoms with Gasteiger partial charge in [-0.05, 0) is 56.2 Å². The minimum Gasteiger partial charge on any atom is -0.481 e. The fourth-order valence-electron chi connectivity index (χ4n) is 2.29. The number of carbonyl (C=O) groups is 2. The van der Waals surface area contributed by atoms with E-state index in [0.29, 0.717) is 17.0 Å². The number of halogens is 1. The Hall–Kier alpha value is -2.89. The second-order valence-electron chi connectivity index (χ2n) is 6.00. The van der Waals surface area contributed by atoms with Crippen LogP contribution in [0.2, 0.25) is 0 Å². The van der Waals surface area contributed by atoms with E-state index >= 15 is 0 Å². The van der Waals surface area contributed by atoms with Gasteiger partial charge in [-0.25, -0.2) is 4.39 Å². The second kappa shape index (κ2) is 7.34. The molecule has 6 heteroatoms. The molecule has 0 bridgehead atoms. The Labute approximate surface area is 145 Å². The molecule has 0 radical (unpaired) electrons. The minimum atomic E-state index is -0.801. The summed E-state index contributed by atoms with van der Waals surface area (Å²) in [5, 5.41) is 5.62. The smallest absolute Gasteiger partial charge is 0.265 e. The molecule has 2 aromatic carbocycles. The first-order valence-electron chi connectivity index (χ1n) is 8.16. The molecule has 1 fully saturated rings. The van der Waals surface area contributed by atoms with Crippen molar-refractivity contribution in [2.75, 3.05) is 5.32 Å². The average molecular weight is 342 g/mol. The zero-order chi connectivity index (χ0) is 17.8. The molecule has 0 aromatic heterocycles. The highest BCUT2D eigenvalue weighted by Crippen LogP contribution is 2.22. The fraction of sp³-hybridized carbons (Fsp3) is 0.263. The van der Waals surface area contributed by atoms with Crippen LogP contribution in [0.3, 0.4) is 0 Å². The van der Waals surface area contributed by atoms with Crippen molar-refractivity contribution in [1.82, 2.24) is 5.32 Å². The Kier molecular flexibility index (Phi) is 4.97. The topological polar surface area (TPSA) is 67.4 Å². The monoisotopic (exact) mass is 342 g/mol. The van der Waals surface area contributed by atoms with Crippen molar-refractivity contribution >= 4 is 17.5 Å². The maximum absolute atomic E-state index is 12.9. The molecule has 1 atom stereocenters. The Morgan fingerprint density at radius 2 is 1.80 bits per heavy atom. The van der Waals surface area contributed by atoms with Gasteiger partial charge >= 0.3 is 0 Å². The molecule has 2 amide bonds.